The summed E-state index contributed by atoms with van der Waals surface area (Å²) in [6.07, 6.45) is 2.24. The first kappa shape index (κ1) is 14.1. The number of fused-ring (bicyclic) bond motifs is 1. The van der Waals surface area contributed by atoms with Gasteiger partial charge in [0.05, 0.1) is 18.2 Å². The van der Waals surface area contributed by atoms with Crippen LogP contribution < -0.4 is 0 Å². The molecule has 0 N–H and O–H groups in total. The number of unbranched alkanes of at least 4 members (excludes halogenated alkanes) is 2. The molecule has 2 aromatic rings. The van der Waals surface area contributed by atoms with Crippen LogP contribution in [0.5, 0.6) is 0 Å². The molecule has 20 heavy (non-hydrogen) atoms. The van der Waals surface area contributed by atoms with Crippen molar-refractivity contribution in [1.82, 2.24) is 9.78 Å². The Bertz CT molecular complexity index is 640. The van der Waals surface area contributed by atoms with Crippen molar-refractivity contribution >= 4 is 16.9 Å². The van der Waals surface area contributed by atoms with Crippen LogP contribution in [0.25, 0.3) is 10.9 Å². The first-order chi connectivity index (χ1) is 9.77. The van der Waals surface area contributed by atoms with Gasteiger partial charge in [0.25, 0.3) is 0 Å². The molecule has 0 radical (unpaired) electrons. The molecule has 0 bridgehead atoms. The molecule has 1 heterocycles. The maximum Gasteiger partial charge on any atom is 0.359 e. The molecule has 5 nitrogen and oxygen atoms in total. The summed E-state index contributed by atoms with van der Waals surface area (Å²) in [5, 5.41) is 13.7. The zero-order chi connectivity index (χ0) is 14.4. The van der Waals surface area contributed by atoms with Gasteiger partial charge in [0.15, 0.2) is 5.69 Å². The number of hydrogen-bond acceptors (Lipinski definition) is 4. The van der Waals surface area contributed by atoms with Gasteiger partial charge in [-0.05, 0) is 25.8 Å². The summed E-state index contributed by atoms with van der Waals surface area (Å²) in [6.45, 7) is 2.81. The number of benzene rings is 1. The summed E-state index contributed by atoms with van der Waals surface area (Å²) in [5.41, 5.74) is 1.29. The third-order valence-electron chi connectivity index (χ3n) is 3.04. The Kier molecular flexibility index (Phi) is 4.72. The fourth-order valence-electron chi connectivity index (χ4n) is 2.11. The lowest BCUT2D eigenvalue weighted by Gasteiger charge is -2.01. The predicted molar refractivity (Wildman–Crippen MR) is 75.2 cm³/mol. The van der Waals surface area contributed by atoms with Gasteiger partial charge in [0.1, 0.15) is 0 Å². The van der Waals surface area contributed by atoms with Gasteiger partial charge in [-0.15, -0.1) is 0 Å². The summed E-state index contributed by atoms with van der Waals surface area (Å²) in [4.78, 5) is 11.9. The molecule has 104 valence electrons. The van der Waals surface area contributed by atoms with E-state index in [4.69, 9.17) is 10.00 Å². The highest BCUT2D eigenvalue weighted by Gasteiger charge is 2.17. The number of rotatable bonds is 6. The van der Waals surface area contributed by atoms with Gasteiger partial charge < -0.3 is 4.74 Å². The van der Waals surface area contributed by atoms with Gasteiger partial charge in [0, 0.05) is 18.4 Å². The van der Waals surface area contributed by atoms with Crippen LogP contribution in [0.4, 0.5) is 0 Å². The maximum absolute atomic E-state index is 11.9. The highest BCUT2D eigenvalue weighted by atomic mass is 16.5. The Morgan fingerprint density at radius 2 is 2.20 bits per heavy atom. The SMILES string of the molecule is CCOC(=O)c1nn(CCCCC#N)c2ccccc12. The zero-order valence-corrected chi connectivity index (χ0v) is 11.5. The average molecular weight is 271 g/mol. The minimum absolute atomic E-state index is 0.336. The van der Waals surface area contributed by atoms with Crippen LogP contribution in [0.3, 0.4) is 0 Å². The topological polar surface area (TPSA) is 67.9 Å². The quantitative estimate of drug-likeness (QED) is 0.598. The highest BCUT2D eigenvalue weighted by molar-refractivity contribution is 6.02. The van der Waals surface area contributed by atoms with E-state index >= 15 is 0 Å². The number of esters is 1. The Balaban J connectivity index is 2.26. The van der Waals surface area contributed by atoms with E-state index in [1.54, 1.807) is 6.92 Å². The van der Waals surface area contributed by atoms with Crippen LogP contribution in [-0.4, -0.2) is 22.4 Å². The van der Waals surface area contributed by atoms with Crippen LogP contribution in [-0.2, 0) is 11.3 Å². The fraction of sp³-hybridized carbons (Fsp3) is 0.400. The molecule has 0 unspecified atom stereocenters. The van der Waals surface area contributed by atoms with Crippen molar-refractivity contribution in [3.8, 4) is 6.07 Å². The molecule has 2 rings (SSSR count). The smallest absolute Gasteiger partial charge is 0.359 e. The number of nitrogens with zero attached hydrogens (tertiary/aromatic N) is 3. The third-order valence-corrected chi connectivity index (χ3v) is 3.04. The van der Waals surface area contributed by atoms with Crippen molar-refractivity contribution in [2.75, 3.05) is 6.61 Å². The molecule has 1 aromatic heterocycles. The Morgan fingerprint density at radius 1 is 1.40 bits per heavy atom. The second kappa shape index (κ2) is 6.71. The highest BCUT2D eigenvalue weighted by Crippen LogP contribution is 2.19. The van der Waals surface area contributed by atoms with Gasteiger partial charge >= 0.3 is 5.97 Å². The maximum atomic E-state index is 11.9. The van der Waals surface area contributed by atoms with Crippen LogP contribution >= 0.6 is 0 Å². The van der Waals surface area contributed by atoms with Crippen molar-refractivity contribution < 1.29 is 9.53 Å². The first-order valence-electron chi connectivity index (χ1n) is 6.77. The molecule has 0 aliphatic rings. The van der Waals surface area contributed by atoms with Gasteiger partial charge in [-0.3, -0.25) is 4.68 Å². The predicted octanol–water partition coefficient (Wildman–Crippen LogP) is 2.91. The van der Waals surface area contributed by atoms with Gasteiger partial charge in [0.2, 0.25) is 0 Å². The van der Waals surface area contributed by atoms with Crippen LogP contribution in [0.2, 0.25) is 0 Å². The van der Waals surface area contributed by atoms with Crippen molar-refractivity contribution in [2.45, 2.75) is 32.7 Å². The largest absolute Gasteiger partial charge is 0.461 e. The Hall–Kier alpha value is -2.35. The van der Waals surface area contributed by atoms with Crippen molar-refractivity contribution in [3.63, 3.8) is 0 Å². The summed E-state index contributed by atoms with van der Waals surface area (Å²) in [6, 6.07) is 9.75. The summed E-state index contributed by atoms with van der Waals surface area (Å²) < 4.78 is 6.85. The molecular formula is C15H17N3O2. The average Bonchev–Trinajstić information content (AvgIpc) is 2.83. The van der Waals surface area contributed by atoms with E-state index in [9.17, 15) is 4.79 Å². The minimum Gasteiger partial charge on any atom is -0.461 e. The van der Waals surface area contributed by atoms with E-state index < -0.39 is 0 Å². The number of carbonyl (C=O) groups is 1. The van der Waals surface area contributed by atoms with Crippen molar-refractivity contribution in [1.29, 1.82) is 5.26 Å². The molecule has 0 aliphatic heterocycles. The second-order valence-electron chi connectivity index (χ2n) is 4.42. The summed E-state index contributed by atoms with van der Waals surface area (Å²) in [5.74, 6) is -0.389. The lowest BCUT2D eigenvalue weighted by Crippen LogP contribution is -2.07. The number of ether oxygens (including phenoxy) is 1. The van der Waals surface area contributed by atoms with Crippen molar-refractivity contribution in [2.24, 2.45) is 0 Å². The summed E-state index contributed by atoms with van der Waals surface area (Å²) in [7, 11) is 0. The monoisotopic (exact) mass is 271 g/mol. The van der Waals surface area contributed by atoms with Gasteiger partial charge in [-0.2, -0.15) is 10.4 Å². The van der Waals surface area contributed by atoms with Crippen LogP contribution in [0, 0.1) is 11.3 Å². The normalized spacial score (nSPS) is 10.4. The van der Waals surface area contributed by atoms with E-state index in [2.05, 4.69) is 11.2 Å². The van der Waals surface area contributed by atoms with E-state index in [1.165, 1.54) is 0 Å². The molecule has 0 saturated heterocycles. The third kappa shape index (κ3) is 2.97. The van der Waals surface area contributed by atoms with E-state index in [1.807, 2.05) is 28.9 Å². The molecule has 1 aromatic carbocycles. The number of aryl methyl sites for hydroxylation is 1. The zero-order valence-electron chi connectivity index (χ0n) is 11.5. The number of aromatic nitrogens is 2. The lowest BCUT2D eigenvalue weighted by atomic mass is 10.2. The first-order valence-corrected chi connectivity index (χ1v) is 6.77. The van der Waals surface area contributed by atoms with Gasteiger partial charge in [-0.1, -0.05) is 18.2 Å². The van der Waals surface area contributed by atoms with Gasteiger partial charge in [-0.25, -0.2) is 4.79 Å². The fourth-order valence-corrected chi connectivity index (χ4v) is 2.11. The number of para-hydroxylation sites is 1. The molecule has 0 saturated carbocycles. The standard InChI is InChI=1S/C15H17N3O2/c1-2-20-15(19)14-12-8-4-5-9-13(12)18(17-14)11-7-3-6-10-16/h4-5,8-9H,2-3,6-7,11H2,1H3. The van der Waals surface area contributed by atoms with E-state index in [0.717, 1.165) is 23.7 Å². The molecule has 5 heteroatoms. The number of nitriles is 1. The summed E-state index contributed by atoms with van der Waals surface area (Å²) >= 11 is 0. The molecule has 0 fully saturated rings. The van der Waals surface area contributed by atoms with Crippen LogP contribution in [0.15, 0.2) is 24.3 Å². The Morgan fingerprint density at radius 3 is 2.95 bits per heavy atom. The molecule has 0 atom stereocenters. The molecule has 0 amide bonds. The second-order valence-corrected chi connectivity index (χ2v) is 4.42. The minimum atomic E-state index is -0.389. The molecular weight excluding hydrogens is 254 g/mol. The van der Waals surface area contributed by atoms with E-state index in [-0.39, 0.29) is 5.97 Å². The van der Waals surface area contributed by atoms with Crippen molar-refractivity contribution in [3.05, 3.63) is 30.0 Å². The number of hydrogen-bond donors (Lipinski definition) is 0. The molecule has 0 aliphatic carbocycles. The van der Waals surface area contributed by atoms with Crippen LogP contribution in [0.1, 0.15) is 36.7 Å². The van der Waals surface area contributed by atoms with E-state index in [0.29, 0.717) is 25.3 Å². The lowest BCUT2D eigenvalue weighted by molar-refractivity contribution is 0.0520. The number of carbonyl (C=O) groups excluding carboxylic acids is 1. The molecule has 0 spiro atoms. The Labute approximate surface area is 117 Å².